The van der Waals surface area contributed by atoms with Gasteiger partial charge in [-0.1, -0.05) is 46.8 Å². The fourth-order valence-electron chi connectivity index (χ4n) is 4.47. The van der Waals surface area contributed by atoms with Gasteiger partial charge in [0.05, 0.1) is 27.4 Å². The van der Waals surface area contributed by atoms with E-state index in [1.807, 2.05) is 48.6 Å². The molecule has 0 atom stereocenters. The van der Waals surface area contributed by atoms with Crippen molar-refractivity contribution >= 4 is 17.9 Å². The summed E-state index contributed by atoms with van der Waals surface area (Å²) in [6.45, 7) is 12.1. The van der Waals surface area contributed by atoms with Gasteiger partial charge in [0.2, 0.25) is 0 Å². The first-order valence-corrected chi connectivity index (χ1v) is 13.3. The van der Waals surface area contributed by atoms with Gasteiger partial charge in [0.25, 0.3) is 0 Å². The third kappa shape index (κ3) is 7.41. The molecule has 2 aromatic carbocycles. The maximum Gasteiger partial charge on any atom is 0.185 e. The molecule has 0 spiro atoms. The van der Waals surface area contributed by atoms with E-state index in [9.17, 15) is 4.79 Å². The molecule has 1 saturated carbocycles. The number of carbonyl (C=O) groups is 1. The molecule has 1 aliphatic rings. The van der Waals surface area contributed by atoms with Crippen LogP contribution in [0.2, 0.25) is 0 Å². The van der Waals surface area contributed by atoms with Gasteiger partial charge in [-0.25, -0.2) is 0 Å². The predicted octanol–water partition coefficient (Wildman–Crippen LogP) is 7.77. The molecule has 5 heteroatoms. The van der Waals surface area contributed by atoms with Gasteiger partial charge in [-0.15, -0.1) is 0 Å². The zero-order valence-corrected chi connectivity index (χ0v) is 23.5. The van der Waals surface area contributed by atoms with Gasteiger partial charge in [-0.3, -0.25) is 4.79 Å². The molecule has 0 amide bonds. The van der Waals surface area contributed by atoms with Crippen LogP contribution in [0.15, 0.2) is 47.5 Å². The second kappa shape index (κ2) is 12.8. The highest BCUT2D eigenvalue weighted by atomic mass is 16.5. The zero-order valence-electron chi connectivity index (χ0n) is 23.5. The van der Waals surface area contributed by atoms with E-state index in [0.717, 1.165) is 59.5 Å². The smallest absolute Gasteiger partial charge is 0.185 e. The molecule has 1 aliphatic carbocycles. The van der Waals surface area contributed by atoms with Crippen molar-refractivity contribution < 1.29 is 23.7 Å². The van der Waals surface area contributed by atoms with Crippen LogP contribution in [0.25, 0.3) is 12.2 Å². The molecule has 2 aromatic rings. The Morgan fingerprint density at radius 3 is 1.54 bits per heavy atom. The van der Waals surface area contributed by atoms with Crippen molar-refractivity contribution in [2.45, 2.75) is 60.3 Å². The number of hydrogen-bond acceptors (Lipinski definition) is 5. The summed E-state index contributed by atoms with van der Waals surface area (Å²) in [5.74, 6) is 3.21. The van der Waals surface area contributed by atoms with Crippen LogP contribution >= 0.6 is 0 Å². The van der Waals surface area contributed by atoms with Crippen LogP contribution in [-0.4, -0.2) is 33.2 Å². The Morgan fingerprint density at radius 2 is 1.19 bits per heavy atom. The molecule has 5 nitrogen and oxygen atoms in total. The number of methoxy groups -OCH3 is 2. The van der Waals surface area contributed by atoms with Gasteiger partial charge in [0.15, 0.2) is 28.8 Å². The number of carbonyl (C=O) groups excluding carboxylic acids is 1. The molecular weight excluding hydrogens is 464 g/mol. The van der Waals surface area contributed by atoms with Crippen LogP contribution in [0.1, 0.15) is 71.4 Å². The largest absolute Gasteiger partial charge is 0.493 e. The molecule has 1 fully saturated rings. The molecule has 0 aromatic heterocycles. The van der Waals surface area contributed by atoms with Crippen molar-refractivity contribution in [1.29, 1.82) is 0 Å². The molecule has 0 heterocycles. The second-order valence-corrected chi connectivity index (χ2v) is 10.7. The highest BCUT2D eigenvalue weighted by Gasteiger charge is 2.34. The maximum atomic E-state index is 13.7. The predicted molar refractivity (Wildman–Crippen MR) is 151 cm³/mol. The lowest BCUT2D eigenvalue weighted by Crippen LogP contribution is -2.29. The van der Waals surface area contributed by atoms with E-state index in [2.05, 4.69) is 34.6 Å². The lowest BCUT2D eigenvalue weighted by molar-refractivity contribution is -0.113. The van der Waals surface area contributed by atoms with E-state index >= 15 is 0 Å². The number of benzene rings is 2. The van der Waals surface area contributed by atoms with Crippen LogP contribution in [0, 0.1) is 11.3 Å². The normalized spacial score (nSPS) is 18.2. The van der Waals surface area contributed by atoms with Crippen LogP contribution in [0.4, 0.5) is 0 Å². The monoisotopic (exact) mass is 506 g/mol. The Bertz CT molecular complexity index is 1050. The molecule has 3 rings (SSSR count). The molecule has 200 valence electrons. The number of ketones is 1. The summed E-state index contributed by atoms with van der Waals surface area (Å²) in [5, 5.41) is 0. The van der Waals surface area contributed by atoms with Crippen molar-refractivity contribution in [2.75, 3.05) is 27.4 Å². The van der Waals surface area contributed by atoms with Crippen LogP contribution in [-0.2, 0) is 4.79 Å². The summed E-state index contributed by atoms with van der Waals surface area (Å²) in [7, 11) is 3.28. The average Bonchev–Trinajstić information content (AvgIpc) is 2.88. The maximum absolute atomic E-state index is 13.7. The van der Waals surface area contributed by atoms with Crippen LogP contribution in [0.3, 0.4) is 0 Å². The molecule has 0 unspecified atom stereocenters. The van der Waals surface area contributed by atoms with Crippen LogP contribution < -0.4 is 18.9 Å². The minimum absolute atomic E-state index is 0.0595. The summed E-state index contributed by atoms with van der Waals surface area (Å²) in [4.78, 5) is 13.7. The molecule has 0 saturated heterocycles. The highest BCUT2D eigenvalue weighted by Crippen LogP contribution is 2.42. The summed E-state index contributed by atoms with van der Waals surface area (Å²) in [6.07, 6.45) is 7.33. The fourth-order valence-corrected chi connectivity index (χ4v) is 4.47. The molecular formula is C32H42O5. The number of Topliss-reactive ketones (excluding diaryl/α,β-unsaturated/α-hetero) is 1. The van der Waals surface area contributed by atoms with Crippen molar-refractivity contribution in [1.82, 2.24) is 0 Å². The zero-order chi connectivity index (χ0) is 27.0. The minimum atomic E-state index is 0.0595. The van der Waals surface area contributed by atoms with Gasteiger partial charge >= 0.3 is 0 Å². The summed E-state index contributed by atoms with van der Waals surface area (Å²) >= 11 is 0. The first kappa shape index (κ1) is 28.4. The third-order valence-corrected chi connectivity index (χ3v) is 6.72. The molecule has 0 radical (unpaired) electrons. The number of allylic oxidation sites excluding steroid dienone is 2. The standard InChI is InChI=1S/C32H42O5/c1-8-14-36-27-12-10-22(18-29(27)34-6)16-24-20-26(32(3,4)5)21-25(31(24)33)17-23-11-13-28(37-15-9-2)30(19-23)35-7/h10-13,16-19,26H,8-9,14-15,20-21H2,1-7H3/b24-16+,25-17+. The van der Waals surface area contributed by atoms with E-state index < -0.39 is 0 Å². The fraction of sp³-hybridized carbons (Fsp3) is 0.469. The van der Waals surface area contributed by atoms with E-state index in [-0.39, 0.29) is 11.2 Å². The number of ether oxygens (including phenoxy) is 4. The van der Waals surface area contributed by atoms with Crippen molar-refractivity contribution in [3.8, 4) is 23.0 Å². The Hall–Kier alpha value is -3.21. The molecule has 0 N–H and O–H groups in total. The van der Waals surface area contributed by atoms with Crippen LogP contribution in [0.5, 0.6) is 23.0 Å². The van der Waals surface area contributed by atoms with E-state index in [1.54, 1.807) is 14.2 Å². The van der Waals surface area contributed by atoms with Crippen molar-refractivity contribution in [3.05, 3.63) is 58.7 Å². The first-order valence-electron chi connectivity index (χ1n) is 13.3. The third-order valence-electron chi connectivity index (χ3n) is 6.72. The molecule has 0 bridgehead atoms. The molecule has 0 aliphatic heterocycles. The van der Waals surface area contributed by atoms with Gasteiger partial charge in [0, 0.05) is 11.1 Å². The number of hydrogen-bond donors (Lipinski definition) is 0. The Labute approximate surface area is 222 Å². The van der Waals surface area contributed by atoms with Gasteiger partial charge < -0.3 is 18.9 Å². The lowest BCUT2D eigenvalue weighted by atomic mass is 9.68. The van der Waals surface area contributed by atoms with Gasteiger partial charge in [-0.2, -0.15) is 0 Å². The highest BCUT2D eigenvalue weighted by molar-refractivity contribution is 6.14. The molecule has 37 heavy (non-hydrogen) atoms. The first-order chi connectivity index (χ1) is 17.7. The minimum Gasteiger partial charge on any atom is -0.493 e. The Balaban J connectivity index is 1.97. The summed E-state index contributed by atoms with van der Waals surface area (Å²) in [5.41, 5.74) is 3.55. The summed E-state index contributed by atoms with van der Waals surface area (Å²) < 4.78 is 22.7. The average molecular weight is 507 g/mol. The van der Waals surface area contributed by atoms with Crippen molar-refractivity contribution in [2.24, 2.45) is 11.3 Å². The topological polar surface area (TPSA) is 54.0 Å². The lowest BCUT2D eigenvalue weighted by Gasteiger charge is -2.35. The van der Waals surface area contributed by atoms with E-state index in [1.165, 1.54) is 0 Å². The van der Waals surface area contributed by atoms with Gasteiger partial charge in [-0.05, 0) is 84.6 Å². The van der Waals surface area contributed by atoms with E-state index in [0.29, 0.717) is 30.6 Å². The quantitative estimate of drug-likeness (QED) is 0.308. The van der Waals surface area contributed by atoms with Crippen molar-refractivity contribution in [3.63, 3.8) is 0 Å². The second-order valence-electron chi connectivity index (χ2n) is 10.7. The number of rotatable bonds is 10. The van der Waals surface area contributed by atoms with E-state index in [4.69, 9.17) is 18.9 Å². The summed E-state index contributed by atoms with van der Waals surface area (Å²) in [6, 6.07) is 11.7. The Kier molecular flexibility index (Phi) is 9.85. The van der Waals surface area contributed by atoms with Gasteiger partial charge in [0.1, 0.15) is 0 Å². The SMILES string of the molecule is CCCOc1ccc(/C=C2\CC(C(C)(C)C)C/C(=C\c3ccc(OCCC)c(OC)c3)C2=O)cc1OC. The Morgan fingerprint density at radius 1 is 0.757 bits per heavy atom.